The minimum absolute atomic E-state index is 0.0464. The Morgan fingerprint density at radius 2 is 2.31 bits per heavy atom. The lowest BCUT2D eigenvalue weighted by molar-refractivity contribution is -0.115. The van der Waals surface area contributed by atoms with Crippen LogP contribution in [0.2, 0.25) is 5.02 Å². The summed E-state index contributed by atoms with van der Waals surface area (Å²) in [6, 6.07) is 2.03. The second-order valence-corrected chi connectivity index (χ2v) is 4.50. The average molecular weight is 239 g/mol. The van der Waals surface area contributed by atoms with Gasteiger partial charge in [0.2, 0.25) is 5.91 Å². The van der Waals surface area contributed by atoms with Crippen LogP contribution in [0.5, 0.6) is 0 Å². The molecule has 1 aliphatic heterocycles. The maximum atomic E-state index is 11.3. The molecule has 0 aliphatic carbocycles. The highest BCUT2D eigenvalue weighted by atomic mass is 35.5. The maximum absolute atomic E-state index is 11.3. The molecular weight excluding hydrogens is 224 g/mol. The number of halogens is 1. The molecule has 1 amide bonds. The summed E-state index contributed by atoms with van der Waals surface area (Å²) in [5.74, 6) is 0.0464. The van der Waals surface area contributed by atoms with Gasteiger partial charge in [0.15, 0.2) is 0 Å². The van der Waals surface area contributed by atoms with E-state index in [1.807, 2.05) is 13.0 Å². The van der Waals surface area contributed by atoms with Gasteiger partial charge in [-0.05, 0) is 43.0 Å². The second-order valence-electron chi connectivity index (χ2n) is 4.13. The summed E-state index contributed by atoms with van der Waals surface area (Å²) < 4.78 is 0. The molecule has 1 aliphatic rings. The van der Waals surface area contributed by atoms with Crippen LogP contribution in [0.4, 0.5) is 5.69 Å². The van der Waals surface area contributed by atoms with E-state index in [9.17, 15) is 4.79 Å². The minimum Gasteiger partial charge on any atom is -0.330 e. The van der Waals surface area contributed by atoms with Crippen molar-refractivity contribution in [3.8, 4) is 0 Å². The fraction of sp³-hybridized carbons (Fsp3) is 0.417. The predicted octanol–water partition coefficient (Wildman–Crippen LogP) is 2.03. The number of amides is 1. The van der Waals surface area contributed by atoms with Crippen molar-refractivity contribution in [1.29, 1.82) is 0 Å². The van der Waals surface area contributed by atoms with Gasteiger partial charge in [-0.15, -0.1) is 0 Å². The van der Waals surface area contributed by atoms with E-state index in [2.05, 4.69) is 5.32 Å². The maximum Gasteiger partial charge on any atom is 0.228 e. The van der Waals surface area contributed by atoms with Crippen LogP contribution < -0.4 is 11.1 Å². The summed E-state index contributed by atoms with van der Waals surface area (Å²) in [7, 11) is 0. The molecule has 0 aromatic heterocycles. The van der Waals surface area contributed by atoms with E-state index < -0.39 is 0 Å². The molecule has 0 saturated heterocycles. The highest BCUT2D eigenvalue weighted by Gasteiger charge is 2.22. The third-order valence-corrected chi connectivity index (χ3v) is 3.45. The monoisotopic (exact) mass is 238 g/mol. The van der Waals surface area contributed by atoms with Gasteiger partial charge in [0.1, 0.15) is 0 Å². The van der Waals surface area contributed by atoms with Crippen molar-refractivity contribution < 1.29 is 4.79 Å². The Kier molecular flexibility index (Phi) is 3.17. The fourth-order valence-electron chi connectivity index (χ4n) is 2.08. The number of aryl methyl sites for hydroxylation is 1. The molecular formula is C12H15ClN2O. The van der Waals surface area contributed by atoms with Crippen molar-refractivity contribution in [2.45, 2.75) is 26.2 Å². The van der Waals surface area contributed by atoms with Crippen molar-refractivity contribution in [3.05, 3.63) is 27.8 Å². The molecule has 16 heavy (non-hydrogen) atoms. The van der Waals surface area contributed by atoms with Crippen molar-refractivity contribution in [1.82, 2.24) is 0 Å². The van der Waals surface area contributed by atoms with Gasteiger partial charge in [0, 0.05) is 10.7 Å². The molecule has 0 spiro atoms. The zero-order valence-corrected chi connectivity index (χ0v) is 10.0. The number of fused-ring (bicyclic) bond motifs is 1. The lowest BCUT2D eigenvalue weighted by Crippen LogP contribution is -2.04. The molecule has 1 aromatic rings. The first-order chi connectivity index (χ1) is 7.63. The zero-order chi connectivity index (χ0) is 11.7. The molecule has 4 heteroatoms. The van der Waals surface area contributed by atoms with E-state index >= 15 is 0 Å². The van der Waals surface area contributed by atoms with Crippen molar-refractivity contribution in [2.75, 3.05) is 11.9 Å². The lowest BCUT2D eigenvalue weighted by atomic mass is 10.0. The van der Waals surface area contributed by atoms with Gasteiger partial charge < -0.3 is 11.1 Å². The van der Waals surface area contributed by atoms with Crippen LogP contribution in [0.1, 0.15) is 23.1 Å². The van der Waals surface area contributed by atoms with E-state index in [0.717, 1.165) is 40.2 Å². The van der Waals surface area contributed by atoms with Crippen LogP contribution in [0.3, 0.4) is 0 Å². The third-order valence-electron chi connectivity index (χ3n) is 2.92. The molecule has 2 rings (SSSR count). The summed E-state index contributed by atoms with van der Waals surface area (Å²) in [6.07, 6.45) is 2.25. The number of carbonyl (C=O) groups is 1. The normalized spacial score (nSPS) is 13.8. The van der Waals surface area contributed by atoms with Gasteiger partial charge >= 0.3 is 0 Å². The summed E-state index contributed by atoms with van der Waals surface area (Å²) in [5, 5.41) is 3.60. The number of benzene rings is 1. The number of anilines is 1. The molecule has 0 fully saturated rings. The standard InChI is InChI=1S/C12H15ClN2O/c1-7-11(13)8(3-2-4-14)5-9-6-10(16)15-12(7)9/h5H,2-4,6,14H2,1H3,(H,15,16). The quantitative estimate of drug-likeness (QED) is 0.847. The fourth-order valence-corrected chi connectivity index (χ4v) is 2.33. The summed E-state index contributed by atoms with van der Waals surface area (Å²) in [5.41, 5.74) is 9.51. The topological polar surface area (TPSA) is 55.1 Å². The number of rotatable bonds is 3. The van der Waals surface area contributed by atoms with Crippen LogP contribution >= 0.6 is 11.6 Å². The number of nitrogens with two attached hydrogens (primary N) is 1. The first kappa shape index (κ1) is 11.4. The summed E-state index contributed by atoms with van der Waals surface area (Å²) in [4.78, 5) is 11.3. The molecule has 0 atom stereocenters. The Labute approximate surface area is 100.0 Å². The number of nitrogens with one attached hydrogen (secondary N) is 1. The van der Waals surface area contributed by atoms with Crippen LogP contribution in [-0.4, -0.2) is 12.5 Å². The van der Waals surface area contributed by atoms with Crippen molar-refractivity contribution in [3.63, 3.8) is 0 Å². The zero-order valence-electron chi connectivity index (χ0n) is 9.27. The Balaban J connectivity index is 2.39. The SMILES string of the molecule is Cc1c(Cl)c(CCCN)cc2c1NC(=O)C2. The molecule has 3 N–H and O–H groups in total. The second kappa shape index (κ2) is 4.44. The van der Waals surface area contributed by atoms with Gasteiger partial charge in [0.05, 0.1) is 6.42 Å². The molecule has 0 saturated carbocycles. The molecule has 86 valence electrons. The van der Waals surface area contributed by atoms with Crippen molar-refractivity contribution >= 4 is 23.2 Å². The van der Waals surface area contributed by atoms with Gasteiger partial charge in [-0.3, -0.25) is 4.79 Å². The molecule has 1 heterocycles. The number of hydrogen-bond acceptors (Lipinski definition) is 2. The van der Waals surface area contributed by atoms with Gasteiger partial charge in [-0.1, -0.05) is 17.7 Å². The Morgan fingerprint density at radius 1 is 1.56 bits per heavy atom. The first-order valence-electron chi connectivity index (χ1n) is 5.44. The lowest BCUT2D eigenvalue weighted by Gasteiger charge is -2.11. The first-order valence-corrected chi connectivity index (χ1v) is 5.82. The highest BCUT2D eigenvalue weighted by molar-refractivity contribution is 6.32. The van der Waals surface area contributed by atoms with Crippen LogP contribution in [0.15, 0.2) is 6.07 Å². The average Bonchev–Trinajstić information content (AvgIpc) is 2.62. The van der Waals surface area contributed by atoms with Gasteiger partial charge in [-0.2, -0.15) is 0 Å². The molecule has 3 nitrogen and oxygen atoms in total. The Bertz CT molecular complexity index is 443. The summed E-state index contributed by atoms with van der Waals surface area (Å²) in [6.45, 7) is 2.60. The van der Waals surface area contributed by atoms with Gasteiger partial charge in [-0.25, -0.2) is 0 Å². The van der Waals surface area contributed by atoms with Gasteiger partial charge in [0.25, 0.3) is 0 Å². The van der Waals surface area contributed by atoms with E-state index in [1.165, 1.54) is 0 Å². The number of carbonyl (C=O) groups excluding carboxylic acids is 1. The van der Waals surface area contributed by atoms with Crippen LogP contribution in [0.25, 0.3) is 0 Å². The van der Waals surface area contributed by atoms with Crippen LogP contribution in [-0.2, 0) is 17.6 Å². The van der Waals surface area contributed by atoms with Crippen LogP contribution in [0, 0.1) is 6.92 Å². The predicted molar refractivity (Wildman–Crippen MR) is 65.9 cm³/mol. The minimum atomic E-state index is 0.0464. The molecule has 1 aromatic carbocycles. The number of hydrogen-bond donors (Lipinski definition) is 2. The molecule has 0 radical (unpaired) electrons. The Morgan fingerprint density at radius 3 is 3.00 bits per heavy atom. The Hall–Kier alpha value is -1.06. The molecule has 0 unspecified atom stereocenters. The highest BCUT2D eigenvalue weighted by Crippen LogP contribution is 2.35. The summed E-state index contributed by atoms with van der Waals surface area (Å²) >= 11 is 6.27. The smallest absolute Gasteiger partial charge is 0.228 e. The van der Waals surface area contributed by atoms with Crippen molar-refractivity contribution in [2.24, 2.45) is 5.73 Å². The third kappa shape index (κ3) is 1.93. The van der Waals surface area contributed by atoms with E-state index in [0.29, 0.717) is 13.0 Å². The van der Waals surface area contributed by atoms with E-state index in [4.69, 9.17) is 17.3 Å². The largest absolute Gasteiger partial charge is 0.330 e. The van der Waals surface area contributed by atoms with E-state index in [1.54, 1.807) is 0 Å². The van der Waals surface area contributed by atoms with E-state index in [-0.39, 0.29) is 5.91 Å². The molecule has 0 bridgehead atoms.